The highest BCUT2D eigenvalue weighted by molar-refractivity contribution is 6.00. The third kappa shape index (κ3) is 4.29. The van der Waals surface area contributed by atoms with E-state index in [9.17, 15) is 14.4 Å². The molecule has 7 nitrogen and oxygen atoms in total. The molecule has 150 valence electrons. The number of ether oxygens (including phenoxy) is 3. The van der Waals surface area contributed by atoms with Crippen LogP contribution in [0.15, 0.2) is 57.7 Å². The zero-order valence-corrected chi connectivity index (χ0v) is 16.3. The van der Waals surface area contributed by atoms with Crippen molar-refractivity contribution in [3.05, 3.63) is 70.1 Å². The van der Waals surface area contributed by atoms with E-state index in [1.165, 1.54) is 27.4 Å². The van der Waals surface area contributed by atoms with Crippen LogP contribution in [-0.4, -0.2) is 33.1 Å². The highest BCUT2D eigenvalue weighted by Gasteiger charge is 2.28. The molecular formula is C22H20O7. The zero-order chi connectivity index (χ0) is 21.0. The fourth-order valence-corrected chi connectivity index (χ4v) is 3.13. The summed E-state index contributed by atoms with van der Waals surface area (Å²) in [4.78, 5) is 37.4. The maximum absolute atomic E-state index is 12.8. The normalized spacial score (nSPS) is 11.7. The van der Waals surface area contributed by atoms with Gasteiger partial charge in [0.15, 0.2) is 5.78 Å². The molecular weight excluding hydrogens is 376 g/mol. The largest absolute Gasteiger partial charge is 0.497 e. The van der Waals surface area contributed by atoms with Crippen molar-refractivity contribution in [1.29, 1.82) is 0 Å². The van der Waals surface area contributed by atoms with E-state index in [-0.39, 0.29) is 17.8 Å². The highest BCUT2D eigenvalue weighted by atomic mass is 16.5. The number of carbonyl (C=O) groups excluding carboxylic acids is 2. The Morgan fingerprint density at radius 2 is 1.59 bits per heavy atom. The van der Waals surface area contributed by atoms with E-state index >= 15 is 0 Å². The monoisotopic (exact) mass is 396 g/mol. The molecule has 0 fully saturated rings. The molecule has 0 bridgehead atoms. The number of esters is 1. The van der Waals surface area contributed by atoms with Gasteiger partial charge in [-0.05, 0) is 42.0 Å². The van der Waals surface area contributed by atoms with Gasteiger partial charge >= 0.3 is 11.6 Å². The van der Waals surface area contributed by atoms with Gasteiger partial charge < -0.3 is 18.6 Å². The smallest absolute Gasteiger partial charge is 0.336 e. The van der Waals surface area contributed by atoms with Gasteiger partial charge in [0.1, 0.15) is 17.1 Å². The van der Waals surface area contributed by atoms with Gasteiger partial charge in [0.25, 0.3) is 0 Å². The quantitative estimate of drug-likeness (QED) is 0.344. The van der Waals surface area contributed by atoms with Gasteiger partial charge in [-0.2, -0.15) is 0 Å². The van der Waals surface area contributed by atoms with Crippen LogP contribution in [0.5, 0.6) is 11.5 Å². The van der Waals surface area contributed by atoms with Crippen LogP contribution in [0.4, 0.5) is 0 Å². The molecule has 1 atom stereocenters. The molecule has 1 heterocycles. The van der Waals surface area contributed by atoms with Crippen LogP contribution in [0.25, 0.3) is 11.0 Å². The van der Waals surface area contributed by atoms with Crippen molar-refractivity contribution in [2.24, 2.45) is 0 Å². The number of rotatable bonds is 7. The van der Waals surface area contributed by atoms with E-state index in [1.54, 1.807) is 42.5 Å². The van der Waals surface area contributed by atoms with Crippen molar-refractivity contribution in [3.8, 4) is 11.5 Å². The first-order valence-corrected chi connectivity index (χ1v) is 8.83. The van der Waals surface area contributed by atoms with Gasteiger partial charge in [-0.15, -0.1) is 0 Å². The molecule has 3 rings (SSSR count). The van der Waals surface area contributed by atoms with Crippen LogP contribution in [0.3, 0.4) is 0 Å². The summed E-state index contributed by atoms with van der Waals surface area (Å²) in [7, 11) is 4.27. The average Bonchev–Trinajstić information content (AvgIpc) is 2.75. The summed E-state index contributed by atoms with van der Waals surface area (Å²) in [5, 5.41) is 0.531. The van der Waals surface area contributed by atoms with Crippen LogP contribution >= 0.6 is 0 Å². The molecule has 0 aliphatic rings. The third-order valence-corrected chi connectivity index (χ3v) is 4.65. The van der Waals surface area contributed by atoms with E-state index in [1.807, 2.05) is 0 Å². The minimum absolute atomic E-state index is 0.163. The lowest BCUT2D eigenvalue weighted by atomic mass is 9.89. The Labute approximate surface area is 166 Å². The molecule has 0 amide bonds. The lowest BCUT2D eigenvalue weighted by Crippen LogP contribution is -2.20. The van der Waals surface area contributed by atoms with Gasteiger partial charge in [0, 0.05) is 29.5 Å². The Morgan fingerprint density at radius 1 is 0.931 bits per heavy atom. The molecule has 3 aromatic rings. The molecule has 2 aromatic carbocycles. The molecule has 0 saturated carbocycles. The second kappa shape index (κ2) is 8.60. The predicted molar refractivity (Wildman–Crippen MR) is 106 cm³/mol. The van der Waals surface area contributed by atoms with Crippen molar-refractivity contribution in [2.45, 2.75) is 12.3 Å². The predicted octanol–water partition coefficient (Wildman–Crippen LogP) is 3.34. The average molecular weight is 396 g/mol. The summed E-state index contributed by atoms with van der Waals surface area (Å²) in [5.74, 6) is -0.726. The summed E-state index contributed by atoms with van der Waals surface area (Å²) in [6.45, 7) is 0. The molecule has 0 aliphatic heterocycles. The van der Waals surface area contributed by atoms with Gasteiger partial charge in [-0.3, -0.25) is 9.59 Å². The molecule has 0 aliphatic carbocycles. The number of benzene rings is 2. The van der Waals surface area contributed by atoms with Crippen LogP contribution in [-0.2, 0) is 9.53 Å². The number of hydrogen-bond acceptors (Lipinski definition) is 7. The Bertz CT molecular complexity index is 1100. The first kappa shape index (κ1) is 20.1. The van der Waals surface area contributed by atoms with Crippen LogP contribution < -0.4 is 15.1 Å². The molecule has 1 aromatic heterocycles. The van der Waals surface area contributed by atoms with E-state index < -0.39 is 17.5 Å². The van der Waals surface area contributed by atoms with Crippen molar-refractivity contribution in [2.75, 3.05) is 21.3 Å². The third-order valence-electron chi connectivity index (χ3n) is 4.65. The Hall–Kier alpha value is -3.61. The van der Waals surface area contributed by atoms with E-state index in [2.05, 4.69) is 0 Å². The number of Topliss-reactive ketones (excluding diaryl/α,β-unsaturated/α-hetero) is 1. The molecule has 7 heteroatoms. The summed E-state index contributed by atoms with van der Waals surface area (Å²) >= 11 is 0. The molecule has 0 spiro atoms. The maximum Gasteiger partial charge on any atom is 0.336 e. The second-order valence-electron chi connectivity index (χ2n) is 6.31. The van der Waals surface area contributed by atoms with Crippen LogP contribution in [0.1, 0.15) is 28.3 Å². The van der Waals surface area contributed by atoms with Crippen LogP contribution in [0.2, 0.25) is 0 Å². The van der Waals surface area contributed by atoms with Crippen molar-refractivity contribution < 1.29 is 28.2 Å². The minimum Gasteiger partial charge on any atom is -0.497 e. The fraction of sp³-hybridized carbons (Fsp3) is 0.227. The lowest BCUT2D eigenvalue weighted by molar-refractivity contribution is -0.142. The van der Waals surface area contributed by atoms with Crippen molar-refractivity contribution in [1.82, 2.24) is 0 Å². The van der Waals surface area contributed by atoms with E-state index in [4.69, 9.17) is 18.6 Å². The number of carbonyl (C=O) groups is 2. The van der Waals surface area contributed by atoms with Crippen LogP contribution in [0, 0.1) is 0 Å². The highest BCUT2D eigenvalue weighted by Crippen LogP contribution is 2.31. The van der Waals surface area contributed by atoms with Gasteiger partial charge in [-0.1, -0.05) is 0 Å². The SMILES string of the molecule is COC(=O)[C@H](CC(=O)c1ccc(OC)cc1)c1cc(=O)oc2cc(OC)ccc12. The Morgan fingerprint density at radius 3 is 2.21 bits per heavy atom. The van der Waals surface area contributed by atoms with Gasteiger partial charge in [-0.25, -0.2) is 4.79 Å². The second-order valence-corrected chi connectivity index (χ2v) is 6.31. The minimum atomic E-state index is -0.963. The lowest BCUT2D eigenvalue weighted by Gasteiger charge is -2.16. The van der Waals surface area contributed by atoms with Crippen molar-refractivity contribution in [3.63, 3.8) is 0 Å². The first-order chi connectivity index (χ1) is 14.0. The van der Waals surface area contributed by atoms with Gasteiger partial charge in [0.05, 0.1) is 27.2 Å². The van der Waals surface area contributed by atoms with Crippen molar-refractivity contribution >= 4 is 22.7 Å². The van der Waals surface area contributed by atoms with E-state index in [0.717, 1.165) is 0 Å². The zero-order valence-electron chi connectivity index (χ0n) is 16.3. The molecule has 0 radical (unpaired) electrons. The number of methoxy groups -OCH3 is 3. The number of hydrogen-bond donors (Lipinski definition) is 0. The standard InChI is InChI=1S/C22H20O7/c1-26-14-6-4-13(5-7-14)19(23)11-18(22(25)28-3)17-12-21(24)29-20-10-15(27-2)8-9-16(17)20/h4-10,12,18H,11H2,1-3H3/t18-/m1/s1. The number of ketones is 1. The Balaban J connectivity index is 2.03. The molecule has 0 saturated heterocycles. The first-order valence-electron chi connectivity index (χ1n) is 8.83. The summed E-state index contributed by atoms with van der Waals surface area (Å²) < 4.78 is 20.4. The summed E-state index contributed by atoms with van der Waals surface area (Å²) in [6.07, 6.45) is -0.163. The summed E-state index contributed by atoms with van der Waals surface area (Å²) in [6, 6.07) is 12.7. The molecule has 0 unspecified atom stereocenters. The molecule has 29 heavy (non-hydrogen) atoms. The summed E-state index contributed by atoms with van der Waals surface area (Å²) in [5.41, 5.74) is 0.422. The Kier molecular flexibility index (Phi) is 5.97. The number of fused-ring (bicyclic) bond motifs is 1. The molecule has 0 N–H and O–H groups in total. The van der Waals surface area contributed by atoms with E-state index in [0.29, 0.717) is 28.0 Å². The van der Waals surface area contributed by atoms with Gasteiger partial charge in [0.2, 0.25) is 0 Å². The topological polar surface area (TPSA) is 92.0 Å². The maximum atomic E-state index is 12.8. The fourth-order valence-electron chi connectivity index (χ4n) is 3.13.